The number of nitrogens with one attached hydrogen (secondary N) is 2. The third kappa shape index (κ3) is 5.05. The quantitative estimate of drug-likeness (QED) is 0.350. The van der Waals surface area contributed by atoms with Crippen LogP contribution in [-0.2, 0) is 10.0 Å². The zero-order valence-corrected chi connectivity index (χ0v) is 24.8. The van der Waals surface area contributed by atoms with Gasteiger partial charge in [0, 0.05) is 48.1 Å². The van der Waals surface area contributed by atoms with Crippen LogP contribution >= 0.6 is 0 Å². The van der Waals surface area contributed by atoms with Gasteiger partial charge in [-0.3, -0.25) is 4.72 Å². The number of benzene rings is 2. The Morgan fingerprint density at radius 1 is 1.21 bits per heavy atom. The number of hydrogen-bond acceptors (Lipinski definition) is 9. The molecule has 0 amide bonds. The van der Waals surface area contributed by atoms with Gasteiger partial charge in [-0.05, 0) is 69.4 Å². The highest BCUT2D eigenvalue weighted by Gasteiger charge is 2.44. The topological polar surface area (TPSA) is 120 Å². The number of aromatic hydroxyl groups is 1. The van der Waals surface area contributed by atoms with E-state index in [1.54, 1.807) is 6.08 Å². The molecular weight excluding hydrogens is 571 g/mol. The molecule has 3 aromatic rings. The number of phenols is 1. The first-order valence-electron chi connectivity index (χ1n) is 14.4. The molecule has 2 unspecified atom stereocenters. The Bertz CT molecular complexity index is 1820. The zero-order chi connectivity index (χ0) is 30.1. The number of ether oxygens (including phenoxy) is 1. The van der Waals surface area contributed by atoms with Gasteiger partial charge in [-0.1, -0.05) is 12.0 Å². The molecule has 0 spiro atoms. The van der Waals surface area contributed by atoms with Crippen LogP contribution in [-0.4, -0.2) is 80.8 Å². The lowest BCUT2D eigenvalue weighted by molar-refractivity contribution is 0.182. The first-order chi connectivity index (χ1) is 20.5. The number of piperazine rings is 1. The molecule has 3 fully saturated rings. The van der Waals surface area contributed by atoms with Crippen molar-refractivity contribution in [3.63, 3.8) is 0 Å². The molecule has 10 nitrogen and oxygen atoms in total. The Kier molecular flexibility index (Phi) is 6.54. The number of phenolic OH excluding ortho intramolecular Hbond substituents is 1. The second-order valence-electron chi connectivity index (χ2n) is 12.4. The smallest absolute Gasteiger partial charge is 0.319 e. The van der Waals surface area contributed by atoms with Gasteiger partial charge in [0.2, 0.25) is 0 Å². The van der Waals surface area contributed by atoms with Crippen LogP contribution in [0.5, 0.6) is 11.8 Å². The molecule has 2 atom stereocenters. The molecule has 7 rings (SSSR count). The Hall–Kier alpha value is -3.92. The summed E-state index contributed by atoms with van der Waals surface area (Å²) in [5.41, 5.74) is 0.493. The average molecular weight is 605 g/mol. The standard InChI is InChI=1S/C31H33FN6O4S/c1-4-22-24(32)8-5-18-11-21(39)12-23(27(18)22)25-13-26-28(43(40,41)36-25)29(38-14-19-6-7-20(15-38)33-19)35-30(34-26)42-17-31(9-10-31)16-37(2)3/h1,5,8,11-13,19-20,33,36,39H,6-7,9-10,14-17H2,2-3H3. The highest BCUT2D eigenvalue weighted by molar-refractivity contribution is 7.90. The fraction of sp³-hybridized carbons (Fsp3) is 0.419. The fourth-order valence-electron chi connectivity index (χ4n) is 6.73. The first kappa shape index (κ1) is 27.9. The Labute approximate surface area is 250 Å². The lowest BCUT2D eigenvalue weighted by Crippen LogP contribution is -2.52. The molecule has 2 bridgehead atoms. The molecule has 3 aliphatic heterocycles. The van der Waals surface area contributed by atoms with Crippen molar-refractivity contribution in [2.45, 2.75) is 42.7 Å². The molecule has 4 heterocycles. The minimum atomic E-state index is -4.20. The van der Waals surface area contributed by atoms with Gasteiger partial charge in [0.15, 0.2) is 10.7 Å². The number of fused-ring (bicyclic) bond motifs is 4. The highest BCUT2D eigenvalue weighted by atomic mass is 32.2. The SMILES string of the molecule is C#Cc1c(F)ccc2cc(O)cc(C3=Cc4nc(OCC5(CN(C)C)CC5)nc(N5CC6CCC(C5)N6)c4S(=O)(=O)N3)c12. The zero-order valence-electron chi connectivity index (χ0n) is 24.0. The number of sulfonamides is 1. The van der Waals surface area contributed by atoms with E-state index in [-0.39, 0.29) is 56.7 Å². The molecule has 224 valence electrons. The second-order valence-corrected chi connectivity index (χ2v) is 14.1. The van der Waals surface area contributed by atoms with Crippen LogP contribution < -0.4 is 19.7 Å². The van der Waals surface area contributed by atoms with Gasteiger partial charge in [0.25, 0.3) is 10.0 Å². The van der Waals surface area contributed by atoms with E-state index in [9.17, 15) is 17.9 Å². The third-order valence-electron chi connectivity index (χ3n) is 8.77. The Balaban J connectivity index is 1.38. The van der Waals surface area contributed by atoms with Gasteiger partial charge in [0.05, 0.1) is 23.6 Å². The fourth-order valence-corrected chi connectivity index (χ4v) is 8.08. The van der Waals surface area contributed by atoms with Crippen LogP contribution in [0.2, 0.25) is 0 Å². The van der Waals surface area contributed by atoms with E-state index in [0.29, 0.717) is 36.3 Å². The molecule has 1 aliphatic carbocycles. The van der Waals surface area contributed by atoms with Crippen LogP contribution in [0.25, 0.3) is 22.5 Å². The van der Waals surface area contributed by atoms with Gasteiger partial charge >= 0.3 is 6.01 Å². The van der Waals surface area contributed by atoms with Gasteiger partial charge in [0.1, 0.15) is 11.6 Å². The molecule has 4 aliphatic rings. The van der Waals surface area contributed by atoms with Crippen molar-refractivity contribution >= 4 is 38.4 Å². The van der Waals surface area contributed by atoms with Gasteiger partial charge in [-0.25, -0.2) is 12.8 Å². The maximum absolute atomic E-state index is 14.8. The van der Waals surface area contributed by atoms with Crippen molar-refractivity contribution in [1.82, 2.24) is 24.9 Å². The van der Waals surface area contributed by atoms with Crippen molar-refractivity contribution in [1.29, 1.82) is 0 Å². The van der Waals surface area contributed by atoms with Crippen molar-refractivity contribution < 1.29 is 22.7 Å². The minimum Gasteiger partial charge on any atom is -0.508 e. The lowest BCUT2D eigenvalue weighted by Gasteiger charge is -2.35. The summed E-state index contributed by atoms with van der Waals surface area (Å²) >= 11 is 0. The van der Waals surface area contributed by atoms with E-state index in [1.807, 2.05) is 19.0 Å². The summed E-state index contributed by atoms with van der Waals surface area (Å²) in [5.74, 6) is 1.93. The molecule has 1 aromatic heterocycles. The van der Waals surface area contributed by atoms with Gasteiger partial charge in [-0.2, -0.15) is 9.97 Å². The monoisotopic (exact) mass is 604 g/mol. The maximum atomic E-state index is 14.8. The second kappa shape index (κ2) is 10.1. The van der Waals surface area contributed by atoms with E-state index in [0.717, 1.165) is 32.2 Å². The summed E-state index contributed by atoms with van der Waals surface area (Å²) < 4.78 is 51.6. The number of terminal acetylenes is 1. The molecule has 12 heteroatoms. The highest BCUT2D eigenvalue weighted by Crippen LogP contribution is 2.46. The predicted molar refractivity (Wildman–Crippen MR) is 162 cm³/mol. The van der Waals surface area contributed by atoms with E-state index in [4.69, 9.17) is 16.1 Å². The largest absolute Gasteiger partial charge is 0.508 e. The molecular formula is C31H33FN6O4S. The first-order valence-corrected chi connectivity index (χ1v) is 15.9. The predicted octanol–water partition coefficient (Wildman–Crippen LogP) is 2.91. The maximum Gasteiger partial charge on any atom is 0.319 e. The van der Waals surface area contributed by atoms with E-state index in [2.05, 4.69) is 25.8 Å². The summed E-state index contributed by atoms with van der Waals surface area (Å²) in [5, 5.41) is 14.9. The van der Waals surface area contributed by atoms with Crippen molar-refractivity contribution in [2.24, 2.45) is 5.41 Å². The molecule has 2 aromatic carbocycles. The van der Waals surface area contributed by atoms with Crippen LogP contribution in [0.1, 0.15) is 42.5 Å². The van der Waals surface area contributed by atoms with E-state index < -0.39 is 15.8 Å². The summed E-state index contributed by atoms with van der Waals surface area (Å²) in [6.07, 6.45) is 11.3. The van der Waals surface area contributed by atoms with Gasteiger partial charge < -0.3 is 25.0 Å². The van der Waals surface area contributed by atoms with E-state index in [1.165, 1.54) is 24.3 Å². The number of rotatable bonds is 7. The molecule has 1 saturated carbocycles. The minimum absolute atomic E-state index is 0.0158. The van der Waals surface area contributed by atoms with E-state index >= 15 is 0 Å². The van der Waals surface area contributed by atoms with Crippen LogP contribution in [0.3, 0.4) is 0 Å². The average Bonchev–Trinajstić information content (AvgIpc) is 3.63. The van der Waals surface area contributed by atoms with Crippen molar-refractivity contribution in [2.75, 3.05) is 45.2 Å². The van der Waals surface area contributed by atoms with Gasteiger partial charge in [-0.15, -0.1) is 6.42 Å². The Morgan fingerprint density at radius 3 is 2.63 bits per heavy atom. The number of aromatic nitrogens is 2. The molecule has 2 saturated heterocycles. The molecule has 43 heavy (non-hydrogen) atoms. The molecule has 3 N–H and O–H groups in total. The number of hydrogen-bond donors (Lipinski definition) is 3. The summed E-state index contributed by atoms with van der Waals surface area (Å²) in [6, 6.07) is 6.13. The lowest BCUT2D eigenvalue weighted by atomic mass is 9.96. The number of nitrogens with zero attached hydrogens (tertiary/aromatic N) is 4. The Morgan fingerprint density at radius 2 is 1.95 bits per heavy atom. The summed E-state index contributed by atoms with van der Waals surface area (Å²) in [7, 11) is -0.150. The number of halogens is 1. The van der Waals surface area contributed by atoms with Crippen molar-refractivity contribution in [3.8, 4) is 24.1 Å². The van der Waals surface area contributed by atoms with Crippen LogP contribution in [0.4, 0.5) is 10.2 Å². The van der Waals surface area contributed by atoms with Crippen molar-refractivity contribution in [3.05, 3.63) is 46.9 Å². The third-order valence-corrected chi connectivity index (χ3v) is 10.2. The van der Waals surface area contributed by atoms with Crippen LogP contribution in [0, 0.1) is 23.6 Å². The summed E-state index contributed by atoms with van der Waals surface area (Å²) in [6.45, 7) is 2.50. The number of anilines is 1. The normalized spacial score (nSPS) is 23.0. The molecule has 0 radical (unpaired) electrons. The summed E-state index contributed by atoms with van der Waals surface area (Å²) in [4.78, 5) is 13.4. The van der Waals surface area contributed by atoms with Crippen LogP contribution in [0.15, 0.2) is 29.2 Å².